The van der Waals surface area contributed by atoms with Gasteiger partial charge in [-0.2, -0.15) is 0 Å². The van der Waals surface area contributed by atoms with Gasteiger partial charge in [0, 0.05) is 47.7 Å². The number of fused-ring (bicyclic) bond motifs is 5. The smallest absolute Gasteiger partial charge is 0.343 e. The molecule has 3 amide bonds. The zero-order valence-corrected chi connectivity index (χ0v) is 31.2. The summed E-state index contributed by atoms with van der Waals surface area (Å²) in [6.45, 7) is 4.80. The molecule has 2 fully saturated rings. The van der Waals surface area contributed by atoms with Crippen LogP contribution < -0.4 is 15.6 Å². The molecule has 13 heteroatoms. The Bertz CT molecular complexity index is 2190. The minimum atomic E-state index is -1.90. The third-order valence-electron chi connectivity index (χ3n) is 12.7. The van der Waals surface area contributed by atoms with Crippen molar-refractivity contribution in [1.29, 1.82) is 0 Å². The SMILES string of the molecule is CCc1c2c(nc3ccc(OC(=O)C4CCC(CNC(=O)[C@H]5CC[C@H](CN6C(=O)C=CC6=O)CC5)CC4)cc13)-c1cc3c(c(=O)n1C2)COC(=O)[C@]3(O)CC. The molecule has 5 aliphatic rings. The number of carbonyl (C=O) groups is 5. The Kier molecular flexibility index (Phi) is 9.69. The number of nitrogens with one attached hydrogen (secondary N) is 1. The highest BCUT2D eigenvalue weighted by Crippen LogP contribution is 2.41. The molecular formula is C42H46N4O9. The summed E-state index contributed by atoms with van der Waals surface area (Å²) < 4.78 is 12.8. The number of carbonyl (C=O) groups excluding carboxylic acids is 5. The first-order valence-corrected chi connectivity index (χ1v) is 19.6. The van der Waals surface area contributed by atoms with Gasteiger partial charge in [0.1, 0.15) is 12.4 Å². The molecule has 3 aliphatic heterocycles. The van der Waals surface area contributed by atoms with Crippen molar-refractivity contribution in [1.82, 2.24) is 19.8 Å². The lowest BCUT2D eigenvalue weighted by molar-refractivity contribution is -0.172. The van der Waals surface area contributed by atoms with E-state index in [0.717, 1.165) is 55.0 Å². The van der Waals surface area contributed by atoms with Crippen LogP contribution >= 0.6 is 0 Å². The van der Waals surface area contributed by atoms with E-state index >= 15 is 0 Å². The number of imide groups is 1. The minimum absolute atomic E-state index is 0.0580. The first-order chi connectivity index (χ1) is 26.5. The molecule has 0 saturated heterocycles. The Morgan fingerprint density at radius 3 is 2.31 bits per heavy atom. The third-order valence-corrected chi connectivity index (χ3v) is 12.7. The number of nitrogens with zero attached hydrogens (tertiary/aromatic N) is 3. The number of aryl methyl sites for hydroxylation is 1. The largest absolute Gasteiger partial charge is 0.458 e. The Balaban J connectivity index is 0.869. The third kappa shape index (κ3) is 6.55. The summed E-state index contributed by atoms with van der Waals surface area (Å²) in [6.07, 6.45) is 9.40. The van der Waals surface area contributed by atoms with Crippen molar-refractivity contribution in [2.75, 3.05) is 13.1 Å². The van der Waals surface area contributed by atoms with Crippen LogP contribution in [0.2, 0.25) is 0 Å². The summed E-state index contributed by atoms with van der Waals surface area (Å²) in [5.41, 5.74) is 2.08. The molecule has 8 rings (SSSR count). The van der Waals surface area contributed by atoms with E-state index < -0.39 is 11.6 Å². The van der Waals surface area contributed by atoms with Crippen LogP contribution in [-0.4, -0.2) is 62.3 Å². The fraction of sp³-hybridized carbons (Fsp3) is 0.500. The van der Waals surface area contributed by atoms with E-state index in [2.05, 4.69) is 5.32 Å². The Morgan fingerprint density at radius 1 is 0.927 bits per heavy atom. The second kappa shape index (κ2) is 14.5. The van der Waals surface area contributed by atoms with Crippen molar-refractivity contribution in [3.8, 4) is 17.1 Å². The Hall–Kier alpha value is -5.17. The number of pyridine rings is 2. The van der Waals surface area contributed by atoms with Gasteiger partial charge in [-0.25, -0.2) is 9.78 Å². The maximum atomic E-state index is 13.7. The summed E-state index contributed by atoms with van der Waals surface area (Å²) >= 11 is 0. The van der Waals surface area contributed by atoms with Crippen LogP contribution in [0.5, 0.6) is 5.75 Å². The van der Waals surface area contributed by atoms with Crippen LogP contribution in [-0.2, 0) is 53.9 Å². The molecule has 0 spiro atoms. The number of esters is 2. The van der Waals surface area contributed by atoms with Crippen molar-refractivity contribution in [3.05, 3.63) is 69.0 Å². The van der Waals surface area contributed by atoms with E-state index in [1.807, 2.05) is 19.1 Å². The molecule has 55 heavy (non-hydrogen) atoms. The molecule has 13 nitrogen and oxygen atoms in total. The molecule has 3 aromatic rings. The number of rotatable bonds is 9. The number of hydrogen-bond donors (Lipinski definition) is 2. The predicted molar refractivity (Wildman–Crippen MR) is 199 cm³/mol. The Morgan fingerprint density at radius 2 is 1.62 bits per heavy atom. The van der Waals surface area contributed by atoms with E-state index in [-0.39, 0.29) is 77.1 Å². The highest BCUT2D eigenvalue weighted by atomic mass is 16.6. The average Bonchev–Trinajstić information content (AvgIpc) is 3.72. The van der Waals surface area contributed by atoms with Gasteiger partial charge in [0.25, 0.3) is 17.4 Å². The number of amides is 3. The van der Waals surface area contributed by atoms with E-state index in [4.69, 9.17) is 14.5 Å². The van der Waals surface area contributed by atoms with Gasteiger partial charge in [0.2, 0.25) is 5.91 Å². The summed E-state index contributed by atoms with van der Waals surface area (Å²) in [5, 5.41) is 15.2. The molecule has 1 aromatic carbocycles. The Labute approximate surface area is 318 Å². The van der Waals surface area contributed by atoms with Gasteiger partial charge in [-0.1, -0.05) is 13.8 Å². The molecule has 5 heterocycles. The molecule has 2 saturated carbocycles. The van der Waals surface area contributed by atoms with Gasteiger partial charge in [0.05, 0.1) is 34.9 Å². The second-order valence-electron chi connectivity index (χ2n) is 15.8. The van der Waals surface area contributed by atoms with Gasteiger partial charge in [-0.15, -0.1) is 0 Å². The maximum absolute atomic E-state index is 13.7. The van der Waals surface area contributed by atoms with Crippen LogP contribution in [0.3, 0.4) is 0 Å². The molecule has 2 aromatic heterocycles. The summed E-state index contributed by atoms with van der Waals surface area (Å²) in [7, 11) is 0. The van der Waals surface area contributed by atoms with Crippen LogP contribution in [0.25, 0.3) is 22.3 Å². The monoisotopic (exact) mass is 750 g/mol. The fourth-order valence-corrected chi connectivity index (χ4v) is 9.28. The van der Waals surface area contributed by atoms with Crippen molar-refractivity contribution in [2.24, 2.45) is 23.7 Å². The van der Waals surface area contributed by atoms with Crippen molar-refractivity contribution in [3.63, 3.8) is 0 Å². The molecule has 0 radical (unpaired) electrons. The number of aromatic nitrogens is 2. The van der Waals surface area contributed by atoms with Crippen LogP contribution in [0.1, 0.15) is 93.9 Å². The minimum Gasteiger partial charge on any atom is -0.458 e. The van der Waals surface area contributed by atoms with E-state index in [1.54, 1.807) is 23.6 Å². The van der Waals surface area contributed by atoms with Crippen LogP contribution in [0.15, 0.2) is 41.2 Å². The number of aliphatic hydroxyl groups is 1. The number of hydrogen-bond acceptors (Lipinski definition) is 10. The lowest BCUT2D eigenvalue weighted by atomic mass is 9.80. The van der Waals surface area contributed by atoms with Crippen molar-refractivity contribution >= 4 is 40.6 Å². The zero-order chi connectivity index (χ0) is 38.6. The second-order valence-corrected chi connectivity index (χ2v) is 15.8. The molecule has 2 N–H and O–H groups in total. The number of benzene rings is 1. The summed E-state index contributed by atoms with van der Waals surface area (Å²) in [6, 6.07) is 7.10. The van der Waals surface area contributed by atoms with Crippen LogP contribution in [0.4, 0.5) is 0 Å². The van der Waals surface area contributed by atoms with Crippen LogP contribution in [0, 0.1) is 23.7 Å². The molecule has 0 unspecified atom stereocenters. The van der Waals surface area contributed by atoms with Gasteiger partial charge < -0.3 is 24.5 Å². The summed E-state index contributed by atoms with van der Waals surface area (Å²) in [4.78, 5) is 82.6. The standard InChI is InChI=1S/C42H46N4O9/c1-3-28-29-17-27(13-14-33(29)44-37-30(28)21-45-34(37)18-32-31(39(45)50)22-54-41(52)42(32,53)4-2)55-40(51)26-11-5-23(6-12-26)19-43-38(49)25-9-7-24(8-10-25)20-46-35(47)15-16-36(46)48/h13-18,23-26,53H,3-12,19-22H2,1-2H3,(H,43,49)/t23?,24-,25-,26?,42-/m0/s1. The lowest BCUT2D eigenvalue weighted by Crippen LogP contribution is -2.44. The van der Waals surface area contributed by atoms with Gasteiger partial charge in [0.15, 0.2) is 5.60 Å². The van der Waals surface area contributed by atoms with E-state index in [1.165, 1.54) is 17.1 Å². The lowest BCUT2D eigenvalue weighted by Gasteiger charge is -2.31. The number of cyclic esters (lactones) is 1. The van der Waals surface area contributed by atoms with Gasteiger partial charge in [-0.3, -0.25) is 28.9 Å². The van der Waals surface area contributed by atoms with Crippen molar-refractivity contribution < 1.29 is 38.6 Å². The normalized spacial score (nSPS) is 25.7. The molecule has 0 bridgehead atoms. The quantitative estimate of drug-likeness (QED) is 0.143. The topological polar surface area (TPSA) is 174 Å². The average molecular weight is 751 g/mol. The van der Waals surface area contributed by atoms with E-state index in [9.17, 15) is 33.9 Å². The maximum Gasteiger partial charge on any atom is 0.343 e. The first kappa shape index (κ1) is 36.8. The van der Waals surface area contributed by atoms with Gasteiger partial charge >= 0.3 is 11.9 Å². The number of ether oxygens (including phenoxy) is 2. The zero-order valence-electron chi connectivity index (χ0n) is 31.2. The summed E-state index contributed by atoms with van der Waals surface area (Å²) in [5.74, 6) is -0.859. The molecule has 1 atom stereocenters. The highest BCUT2D eigenvalue weighted by Gasteiger charge is 2.45. The highest BCUT2D eigenvalue weighted by molar-refractivity contribution is 6.12. The van der Waals surface area contributed by atoms with Gasteiger partial charge in [-0.05, 0) is 106 Å². The van der Waals surface area contributed by atoms with Crippen molar-refractivity contribution in [2.45, 2.75) is 96.8 Å². The predicted octanol–water partition coefficient (Wildman–Crippen LogP) is 4.20. The molecule has 288 valence electrons. The fourth-order valence-electron chi connectivity index (χ4n) is 9.28. The molecular weight excluding hydrogens is 704 g/mol. The first-order valence-electron chi connectivity index (χ1n) is 19.6. The van der Waals surface area contributed by atoms with E-state index in [0.29, 0.717) is 61.6 Å². The molecule has 2 aliphatic carbocycles.